The first-order valence-electron chi connectivity index (χ1n) is 4.76. The molecular weight excluding hydrogens is 178 g/mol. The third-order valence-corrected chi connectivity index (χ3v) is 2.27. The fraction of sp³-hybridized carbons (Fsp3) is 0.400. The minimum Gasteiger partial charge on any atom is -0.316 e. The lowest BCUT2D eigenvalue weighted by molar-refractivity contribution is -0.117. The van der Waals surface area contributed by atoms with Crippen molar-refractivity contribution in [1.82, 2.24) is 10.3 Å². The molecule has 1 amide bonds. The molecule has 14 heavy (non-hydrogen) atoms. The Hall–Kier alpha value is -1.42. The molecule has 2 rings (SSSR count). The molecule has 1 aromatic heterocycles. The van der Waals surface area contributed by atoms with Gasteiger partial charge in [0.1, 0.15) is 5.82 Å². The highest BCUT2D eigenvalue weighted by molar-refractivity contribution is 5.89. The molecule has 1 aliphatic heterocycles. The Kier molecular flexibility index (Phi) is 2.74. The van der Waals surface area contributed by atoms with Gasteiger partial charge in [0.25, 0.3) is 0 Å². The lowest BCUT2D eigenvalue weighted by Crippen LogP contribution is -2.43. The number of aromatic nitrogens is 1. The smallest absolute Gasteiger partial charge is 0.225 e. The number of hydrogen-bond donors (Lipinski definition) is 2. The minimum atomic E-state index is 0.0511. The molecule has 0 radical (unpaired) electrons. The van der Waals surface area contributed by atoms with E-state index in [4.69, 9.17) is 0 Å². The first-order valence-corrected chi connectivity index (χ1v) is 4.76. The standard InChI is InChI=1S/C10H13N3O/c14-10(5-8-6-11-7-8)13-9-3-1-2-4-12-9/h1-4,8,11H,5-7H2,(H,12,13,14). The molecule has 0 aliphatic carbocycles. The molecule has 2 heterocycles. The maximum atomic E-state index is 11.4. The molecule has 74 valence electrons. The average molecular weight is 191 g/mol. The third kappa shape index (κ3) is 2.29. The van der Waals surface area contributed by atoms with Crippen molar-refractivity contribution in [3.8, 4) is 0 Å². The quantitative estimate of drug-likeness (QED) is 0.736. The van der Waals surface area contributed by atoms with Gasteiger partial charge in [-0.05, 0) is 31.1 Å². The van der Waals surface area contributed by atoms with Crippen LogP contribution < -0.4 is 10.6 Å². The van der Waals surface area contributed by atoms with Crippen LogP contribution in [0.4, 0.5) is 5.82 Å². The van der Waals surface area contributed by atoms with Crippen LogP contribution in [0.5, 0.6) is 0 Å². The second-order valence-corrected chi connectivity index (χ2v) is 3.49. The van der Waals surface area contributed by atoms with Crippen LogP contribution in [0.2, 0.25) is 0 Å². The summed E-state index contributed by atoms with van der Waals surface area (Å²) in [6.45, 7) is 1.91. The Morgan fingerprint density at radius 2 is 2.43 bits per heavy atom. The molecule has 0 aromatic carbocycles. The number of pyridine rings is 1. The van der Waals surface area contributed by atoms with Gasteiger partial charge in [-0.2, -0.15) is 0 Å². The van der Waals surface area contributed by atoms with E-state index in [1.165, 1.54) is 0 Å². The topological polar surface area (TPSA) is 54.0 Å². The van der Waals surface area contributed by atoms with Gasteiger partial charge in [0.05, 0.1) is 0 Å². The molecule has 0 unspecified atom stereocenters. The van der Waals surface area contributed by atoms with Crippen molar-refractivity contribution in [2.75, 3.05) is 18.4 Å². The van der Waals surface area contributed by atoms with E-state index in [0.717, 1.165) is 13.1 Å². The van der Waals surface area contributed by atoms with Gasteiger partial charge in [0.2, 0.25) is 5.91 Å². The van der Waals surface area contributed by atoms with Crippen LogP contribution in [0, 0.1) is 5.92 Å². The number of rotatable bonds is 3. The molecule has 1 aromatic rings. The average Bonchev–Trinajstić information content (AvgIpc) is 2.13. The van der Waals surface area contributed by atoms with Crippen LogP contribution in [-0.2, 0) is 4.79 Å². The monoisotopic (exact) mass is 191 g/mol. The van der Waals surface area contributed by atoms with Crippen LogP contribution in [0.1, 0.15) is 6.42 Å². The number of hydrogen-bond acceptors (Lipinski definition) is 3. The highest BCUT2D eigenvalue weighted by Crippen LogP contribution is 2.09. The molecular formula is C10H13N3O. The summed E-state index contributed by atoms with van der Waals surface area (Å²) in [6, 6.07) is 5.47. The van der Waals surface area contributed by atoms with E-state index >= 15 is 0 Å². The van der Waals surface area contributed by atoms with Gasteiger partial charge in [-0.15, -0.1) is 0 Å². The summed E-state index contributed by atoms with van der Waals surface area (Å²) in [5.41, 5.74) is 0. The van der Waals surface area contributed by atoms with Gasteiger partial charge in [0.15, 0.2) is 0 Å². The van der Waals surface area contributed by atoms with E-state index in [1.54, 1.807) is 12.3 Å². The Bertz CT molecular complexity index is 308. The largest absolute Gasteiger partial charge is 0.316 e. The van der Waals surface area contributed by atoms with Crippen LogP contribution >= 0.6 is 0 Å². The molecule has 0 spiro atoms. The van der Waals surface area contributed by atoms with Gasteiger partial charge < -0.3 is 10.6 Å². The van der Waals surface area contributed by atoms with E-state index in [2.05, 4.69) is 15.6 Å². The summed E-state index contributed by atoms with van der Waals surface area (Å²) in [5, 5.41) is 5.90. The number of anilines is 1. The Morgan fingerprint density at radius 3 is 3.00 bits per heavy atom. The van der Waals surface area contributed by atoms with E-state index in [-0.39, 0.29) is 5.91 Å². The highest BCUT2D eigenvalue weighted by Gasteiger charge is 2.19. The predicted molar refractivity (Wildman–Crippen MR) is 53.8 cm³/mol. The minimum absolute atomic E-state index is 0.0511. The van der Waals surface area contributed by atoms with Gasteiger partial charge in [0, 0.05) is 12.6 Å². The summed E-state index contributed by atoms with van der Waals surface area (Å²) >= 11 is 0. The molecule has 4 nitrogen and oxygen atoms in total. The maximum Gasteiger partial charge on any atom is 0.225 e. The zero-order chi connectivity index (χ0) is 9.80. The van der Waals surface area contributed by atoms with Crippen LogP contribution in [0.15, 0.2) is 24.4 Å². The molecule has 0 atom stereocenters. The first-order chi connectivity index (χ1) is 6.84. The number of nitrogens with zero attached hydrogens (tertiary/aromatic N) is 1. The normalized spacial score (nSPS) is 16.0. The van der Waals surface area contributed by atoms with Crippen molar-refractivity contribution in [3.63, 3.8) is 0 Å². The van der Waals surface area contributed by atoms with Crippen molar-refractivity contribution < 1.29 is 4.79 Å². The zero-order valence-electron chi connectivity index (χ0n) is 7.86. The molecule has 2 N–H and O–H groups in total. The Morgan fingerprint density at radius 1 is 1.57 bits per heavy atom. The number of nitrogens with one attached hydrogen (secondary N) is 2. The SMILES string of the molecule is O=C(CC1CNC1)Nc1ccccn1. The fourth-order valence-electron chi connectivity index (χ4n) is 1.39. The molecule has 0 bridgehead atoms. The number of amides is 1. The van der Waals surface area contributed by atoms with E-state index < -0.39 is 0 Å². The second kappa shape index (κ2) is 4.19. The zero-order valence-corrected chi connectivity index (χ0v) is 7.86. The highest BCUT2D eigenvalue weighted by atomic mass is 16.1. The van der Waals surface area contributed by atoms with Crippen LogP contribution in [0.25, 0.3) is 0 Å². The third-order valence-electron chi connectivity index (χ3n) is 2.27. The summed E-state index contributed by atoms with van der Waals surface area (Å²) in [6.07, 6.45) is 2.25. The van der Waals surface area contributed by atoms with Crippen molar-refractivity contribution >= 4 is 11.7 Å². The summed E-state index contributed by atoms with van der Waals surface area (Å²) in [7, 11) is 0. The van der Waals surface area contributed by atoms with Gasteiger partial charge in [-0.3, -0.25) is 4.79 Å². The summed E-state index contributed by atoms with van der Waals surface area (Å²) < 4.78 is 0. The predicted octanol–water partition coefficient (Wildman–Crippen LogP) is 0.630. The lowest BCUT2D eigenvalue weighted by atomic mass is 9.99. The van der Waals surface area contributed by atoms with E-state index in [9.17, 15) is 4.79 Å². The van der Waals surface area contributed by atoms with E-state index in [0.29, 0.717) is 18.2 Å². The van der Waals surface area contributed by atoms with Crippen molar-refractivity contribution in [3.05, 3.63) is 24.4 Å². The van der Waals surface area contributed by atoms with Crippen molar-refractivity contribution in [2.24, 2.45) is 5.92 Å². The number of carbonyl (C=O) groups excluding carboxylic acids is 1. The Balaban J connectivity index is 1.82. The van der Waals surface area contributed by atoms with Gasteiger partial charge in [-0.1, -0.05) is 6.07 Å². The second-order valence-electron chi connectivity index (χ2n) is 3.49. The van der Waals surface area contributed by atoms with E-state index in [1.807, 2.05) is 12.1 Å². The van der Waals surface area contributed by atoms with Crippen LogP contribution in [0.3, 0.4) is 0 Å². The number of carbonyl (C=O) groups is 1. The maximum absolute atomic E-state index is 11.4. The summed E-state index contributed by atoms with van der Waals surface area (Å²) in [4.78, 5) is 15.5. The summed E-state index contributed by atoms with van der Waals surface area (Å²) in [5.74, 6) is 1.18. The van der Waals surface area contributed by atoms with Crippen molar-refractivity contribution in [1.29, 1.82) is 0 Å². The van der Waals surface area contributed by atoms with Crippen molar-refractivity contribution in [2.45, 2.75) is 6.42 Å². The molecule has 4 heteroatoms. The first kappa shape index (κ1) is 9.15. The molecule has 1 fully saturated rings. The molecule has 1 saturated heterocycles. The molecule has 1 aliphatic rings. The Labute approximate surface area is 82.7 Å². The van der Waals surface area contributed by atoms with Gasteiger partial charge >= 0.3 is 0 Å². The lowest BCUT2D eigenvalue weighted by Gasteiger charge is -2.26. The molecule has 0 saturated carbocycles. The van der Waals surface area contributed by atoms with Crippen LogP contribution in [-0.4, -0.2) is 24.0 Å². The van der Waals surface area contributed by atoms with Gasteiger partial charge in [-0.25, -0.2) is 4.98 Å². The fourth-order valence-corrected chi connectivity index (χ4v) is 1.39.